The van der Waals surface area contributed by atoms with Gasteiger partial charge in [0.05, 0.1) is 0 Å². The van der Waals surface area contributed by atoms with Gasteiger partial charge in [0.15, 0.2) is 0 Å². The van der Waals surface area contributed by atoms with Gasteiger partial charge in [-0.2, -0.15) is 0 Å². The third-order valence-electron chi connectivity index (χ3n) is 4.83. The number of rotatable bonds is 4. The molecule has 3 aromatic rings. The van der Waals surface area contributed by atoms with Gasteiger partial charge in [0.25, 0.3) is 0 Å². The zero-order chi connectivity index (χ0) is 16.2. The van der Waals surface area contributed by atoms with Crippen molar-refractivity contribution in [3.05, 3.63) is 91.0 Å². The van der Waals surface area contributed by atoms with Gasteiger partial charge in [-0.3, -0.25) is 0 Å². The standard InChI is InChI=1S/C21H20NP.ClH/c1-2-23(18-22,19-12-6-3-7-13-19,20-14-8-4-9-15-20)21-16-10-5-11-17-21;/h3-17H,2H2,1H3;1H. The van der Waals surface area contributed by atoms with Crippen LogP contribution in [0.25, 0.3) is 0 Å². The molecule has 3 heteroatoms. The average Bonchev–Trinajstić information content (AvgIpc) is 2.67. The molecule has 0 aliphatic heterocycles. The topological polar surface area (TPSA) is 23.8 Å². The number of hydrogen-bond donors (Lipinski definition) is 0. The number of nitriles is 1. The number of halogens is 1. The molecule has 0 saturated carbocycles. The molecule has 0 fully saturated rings. The third-order valence-corrected chi connectivity index (χ3v) is 10.9. The Morgan fingerprint density at radius 3 is 1.17 bits per heavy atom. The maximum Gasteiger partial charge on any atom is -0.147 e. The average molecular weight is 354 g/mol. The van der Waals surface area contributed by atoms with Crippen molar-refractivity contribution in [3.63, 3.8) is 0 Å². The molecule has 24 heavy (non-hydrogen) atoms. The quantitative estimate of drug-likeness (QED) is 0.636. The SMILES string of the molecule is CCP(C#N)(c1ccccc1)(c1ccccc1)c1ccccc1.Cl. The molecule has 0 radical (unpaired) electrons. The van der Waals surface area contributed by atoms with E-state index in [9.17, 15) is 5.26 Å². The van der Waals surface area contributed by atoms with Crippen LogP contribution < -0.4 is 15.9 Å². The predicted molar refractivity (Wildman–Crippen MR) is 109 cm³/mol. The molecule has 0 unspecified atom stereocenters. The molecule has 0 aliphatic carbocycles. The van der Waals surface area contributed by atoms with Crippen molar-refractivity contribution in [2.45, 2.75) is 6.92 Å². The van der Waals surface area contributed by atoms with Crippen LogP contribution in [0.3, 0.4) is 0 Å². The normalized spacial score (nSPS) is 12.2. The minimum Gasteiger partial charge on any atom is -0.147 e. The summed E-state index contributed by atoms with van der Waals surface area (Å²) in [6, 6.07) is 31.0. The van der Waals surface area contributed by atoms with Crippen LogP contribution in [-0.2, 0) is 0 Å². The summed E-state index contributed by atoms with van der Waals surface area (Å²) in [6.45, 7) is -0.974. The summed E-state index contributed by atoms with van der Waals surface area (Å²) in [4.78, 5) is 0. The molecule has 0 atom stereocenters. The Labute approximate surface area is 150 Å². The molecule has 3 rings (SSSR count). The van der Waals surface area contributed by atoms with Crippen LogP contribution in [0.15, 0.2) is 91.0 Å². The van der Waals surface area contributed by atoms with Crippen molar-refractivity contribution in [2.24, 2.45) is 0 Å². The minimum absolute atomic E-state index is 0. The van der Waals surface area contributed by atoms with E-state index in [1.165, 1.54) is 0 Å². The minimum atomic E-state index is -3.12. The summed E-state index contributed by atoms with van der Waals surface area (Å²) >= 11 is 0. The van der Waals surface area contributed by atoms with Crippen LogP contribution in [0.5, 0.6) is 0 Å². The molecule has 0 aliphatic rings. The maximum atomic E-state index is 10.6. The zero-order valence-corrected chi connectivity index (χ0v) is 15.4. The van der Waals surface area contributed by atoms with Gasteiger partial charge in [-0.1, -0.05) is 0 Å². The first-order chi connectivity index (χ1) is 11.3. The van der Waals surface area contributed by atoms with Crippen LogP contribution in [0.1, 0.15) is 6.92 Å². The van der Waals surface area contributed by atoms with Crippen LogP contribution >= 0.6 is 19.0 Å². The molecule has 1 nitrogen and oxygen atoms in total. The Morgan fingerprint density at radius 2 is 0.958 bits per heavy atom. The number of benzene rings is 3. The van der Waals surface area contributed by atoms with E-state index in [2.05, 4.69) is 49.1 Å². The smallest absolute Gasteiger partial charge is 0.147 e. The van der Waals surface area contributed by atoms with E-state index in [1.54, 1.807) is 0 Å². The molecule has 0 amide bonds. The summed E-state index contributed by atoms with van der Waals surface area (Å²) in [6.07, 6.45) is 0.792. The van der Waals surface area contributed by atoms with Crippen molar-refractivity contribution >= 4 is 34.9 Å². The van der Waals surface area contributed by atoms with Gasteiger partial charge in [-0.25, -0.2) is 0 Å². The van der Waals surface area contributed by atoms with E-state index in [4.69, 9.17) is 0 Å². The van der Waals surface area contributed by atoms with Crippen molar-refractivity contribution < 1.29 is 0 Å². The first kappa shape index (κ1) is 18.2. The van der Waals surface area contributed by atoms with E-state index in [0.29, 0.717) is 0 Å². The summed E-state index contributed by atoms with van der Waals surface area (Å²) in [5, 5.41) is 14.0. The summed E-state index contributed by atoms with van der Waals surface area (Å²) < 4.78 is 0. The van der Waals surface area contributed by atoms with Crippen molar-refractivity contribution in [3.8, 4) is 5.81 Å². The molecule has 0 heterocycles. The first-order valence-electron chi connectivity index (χ1n) is 7.87. The van der Waals surface area contributed by atoms with Gasteiger partial charge in [-0.05, 0) is 0 Å². The Bertz CT molecular complexity index is 727. The van der Waals surface area contributed by atoms with Crippen molar-refractivity contribution in [1.29, 1.82) is 5.26 Å². The van der Waals surface area contributed by atoms with Gasteiger partial charge in [0.1, 0.15) is 0 Å². The fourth-order valence-corrected chi connectivity index (χ4v) is 8.48. The second kappa shape index (κ2) is 7.18. The Morgan fingerprint density at radius 1 is 0.667 bits per heavy atom. The fourth-order valence-electron chi connectivity index (χ4n) is 3.51. The summed E-state index contributed by atoms with van der Waals surface area (Å²) in [5.41, 5.74) is 0. The molecular formula is C21H21ClNP. The Kier molecular flexibility index (Phi) is 5.45. The predicted octanol–water partition coefficient (Wildman–Crippen LogP) is 4.44. The Hall–Kier alpha value is -2.13. The van der Waals surface area contributed by atoms with Gasteiger partial charge < -0.3 is 0 Å². The van der Waals surface area contributed by atoms with E-state index < -0.39 is 6.60 Å². The van der Waals surface area contributed by atoms with E-state index >= 15 is 0 Å². The number of nitrogens with zero attached hydrogens (tertiary/aromatic N) is 1. The molecule has 122 valence electrons. The molecule has 0 spiro atoms. The monoisotopic (exact) mass is 353 g/mol. The summed E-state index contributed by atoms with van der Waals surface area (Å²) in [7, 11) is 0. The van der Waals surface area contributed by atoms with Gasteiger partial charge in [0, 0.05) is 0 Å². The van der Waals surface area contributed by atoms with E-state index in [1.807, 2.05) is 54.6 Å². The first-order valence-corrected chi connectivity index (χ1v) is 10.3. The molecule has 3 aromatic carbocycles. The van der Waals surface area contributed by atoms with E-state index in [0.717, 1.165) is 22.1 Å². The molecule has 0 bridgehead atoms. The van der Waals surface area contributed by atoms with Gasteiger partial charge in [-0.15, -0.1) is 12.4 Å². The van der Waals surface area contributed by atoms with E-state index in [-0.39, 0.29) is 12.4 Å². The second-order valence-corrected chi connectivity index (χ2v) is 10.7. The maximum absolute atomic E-state index is 10.6. The second-order valence-electron chi connectivity index (χ2n) is 5.73. The number of hydrogen-bond acceptors (Lipinski definition) is 1. The molecule has 0 aromatic heterocycles. The van der Waals surface area contributed by atoms with Crippen molar-refractivity contribution in [2.75, 3.05) is 6.16 Å². The summed E-state index contributed by atoms with van der Waals surface area (Å²) in [5.74, 6) is 2.86. The third kappa shape index (κ3) is 2.44. The van der Waals surface area contributed by atoms with Gasteiger partial charge >= 0.3 is 138 Å². The largest absolute Gasteiger partial charge is 0.147 e. The molecule has 0 N–H and O–H groups in total. The zero-order valence-electron chi connectivity index (χ0n) is 13.7. The van der Waals surface area contributed by atoms with Crippen LogP contribution in [0, 0.1) is 11.1 Å². The van der Waals surface area contributed by atoms with Crippen LogP contribution in [0.4, 0.5) is 0 Å². The molecule has 0 saturated heterocycles. The van der Waals surface area contributed by atoms with Crippen molar-refractivity contribution in [1.82, 2.24) is 0 Å². The fraction of sp³-hybridized carbons (Fsp3) is 0.0952. The van der Waals surface area contributed by atoms with Crippen LogP contribution in [0.2, 0.25) is 0 Å². The van der Waals surface area contributed by atoms with Crippen LogP contribution in [-0.4, -0.2) is 6.16 Å². The van der Waals surface area contributed by atoms with Gasteiger partial charge in [0.2, 0.25) is 0 Å². The molecular weight excluding hydrogens is 333 g/mol. The Balaban J connectivity index is 0.00000208.